The Balaban J connectivity index is 1.41. The molecule has 0 bridgehead atoms. The molecular formula is C17H22O. The molecule has 1 aromatic carbocycles. The summed E-state index contributed by atoms with van der Waals surface area (Å²) < 4.78 is 0. The van der Waals surface area contributed by atoms with Crippen molar-refractivity contribution in [3.63, 3.8) is 0 Å². The zero-order valence-electron chi connectivity index (χ0n) is 10.8. The Bertz CT molecular complexity index is 414. The Kier molecular flexibility index (Phi) is 2.51. The lowest BCUT2D eigenvalue weighted by Gasteiger charge is -2.10. The second-order valence-electron chi connectivity index (χ2n) is 6.60. The first kappa shape index (κ1) is 11.0. The van der Waals surface area contributed by atoms with Gasteiger partial charge in [-0.25, -0.2) is 0 Å². The molecule has 1 heteroatoms. The zero-order chi connectivity index (χ0) is 12.1. The van der Waals surface area contributed by atoms with Crippen LogP contribution in [0.2, 0.25) is 0 Å². The summed E-state index contributed by atoms with van der Waals surface area (Å²) >= 11 is 0. The Morgan fingerprint density at radius 3 is 2.33 bits per heavy atom. The van der Waals surface area contributed by atoms with Gasteiger partial charge in [-0.05, 0) is 54.4 Å². The average molecular weight is 242 g/mol. The summed E-state index contributed by atoms with van der Waals surface area (Å²) in [6, 6.07) is 10.8. The summed E-state index contributed by atoms with van der Waals surface area (Å²) in [5.41, 5.74) is 1.44. The van der Waals surface area contributed by atoms with Crippen LogP contribution in [0.25, 0.3) is 0 Å². The van der Waals surface area contributed by atoms with Crippen LogP contribution in [0.1, 0.15) is 43.6 Å². The van der Waals surface area contributed by atoms with Crippen molar-refractivity contribution in [3.05, 3.63) is 35.9 Å². The molecule has 0 aliphatic heterocycles. The quantitative estimate of drug-likeness (QED) is 0.859. The van der Waals surface area contributed by atoms with Crippen molar-refractivity contribution in [1.82, 2.24) is 0 Å². The van der Waals surface area contributed by atoms with Gasteiger partial charge >= 0.3 is 0 Å². The minimum Gasteiger partial charge on any atom is -0.393 e. The third-order valence-electron chi connectivity index (χ3n) is 5.62. The number of rotatable bonds is 3. The first-order chi connectivity index (χ1) is 8.86. The SMILES string of the molecule is OC(C1CC1c1ccccc1)C1C2CCCCC21. The number of hydrogen-bond acceptors (Lipinski definition) is 1. The van der Waals surface area contributed by atoms with Crippen LogP contribution in [-0.2, 0) is 0 Å². The highest BCUT2D eigenvalue weighted by Gasteiger charge is 2.59. The standard InChI is InChI=1S/C17H22O/c18-17(16-12-8-4-5-9-13(12)16)15-10-14(15)11-6-2-1-3-7-11/h1-3,6-7,12-18H,4-5,8-10H2. The molecule has 0 saturated heterocycles. The van der Waals surface area contributed by atoms with Crippen LogP contribution >= 0.6 is 0 Å². The molecule has 3 aliphatic rings. The first-order valence-electron chi connectivity index (χ1n) is 7.59. The summed E-state index contributed by atoms with van der Waals surface area (Å²) in [5.74, 6) is 3.62. The van der Waals surface area contributed by atoms with E-state index in [0.29, 0.717) is 17.8 Å². The van der Waals surface area contributed by atoms with Crippen LogP contribution in [0.4, 0.5) is 0 Å². The molecule has 1 aromatic rings. The van der Waals surface area contributed by atoms with E-state index in [9.17, 15) is 5.11 Å². The number of aliphatic hydroxyl groups excluding tert-OH is 1. The van der Waals surface area contributed by atoms with E-state index >= 15 is 0 Å². The van der Waals surface area contributed by atoms with Gasteiger partial charge in [-0.15, -0.1) is 0 Å². The molecule has 96 valence electrons. The van der Waals surface area contributed by atoms with Gasteiger partial charge in [0, 0.05) is 0 Å². The molecule has 5 unspecified atom stereocenters. The molecular weight excluding hydrogens is 220 g/mol. The lowest BCUT2D eigenvalue weighted by Crippen LogP contribution is -2.15. The topological polar surface area (TPSA) is 20.2 Å². The van der Waals surface area contributed by atoms with E-state index in [1.54, 1.807) is 0 Å². The van der Waals surface area contributed by atoms with Gasteiger partial charge in [0.25, 0.3) is 0 Å². The molecule has 5 atom stereocenters. The van der Waals surface area contributed by atoms with Crippen LogP contribution in [0.15, 0.2) is 30.3 Å². The molecule has 0 heterocycles. The molecule has 3 saturated carbocycles. The van der Waals surface area contributed by atoms with Gasteiger partial charge < -0.3 is 5.11 Å². The Morgan fingerprint density at radius 2 is 1.67 bits per heavy atom. The van der Waals surface area contributed by atoms with Gasteiger partial charge in [0.1, 0.15) is 0 Å². The van der Waals surface area contributed by atoms with Crippen LogP contribution in [0, 0.1) is 23.7 Å². The van der Waals surface area contributed by atoms with E-state index in [0.717, 1.165) is 11.8 Å². The molecule has 0 radical (unpaired) electrons. The Morgan fingerprint density at radius 1 is 1.00 bits per heavy atom. The van der Waals surface area contributed by atoms with Crippen LogP contribution < -0.4 is 0 Å². The van der Waals surface area contributed by atoms with Gasteiger partial charge in [-0.1, -0.05) is 43.2 Å². The fourth-order valence-electron chi connectivity index (χ4n) is 4.52. The number of benzene rings is 1. The third kappa shape index (κ3) is 1.72. The minimum atomic E-state index is -0.0108. The monoisotopic (exact) mass is 242 g/mol. The highest BCUT2D eigenvalue weighted by molar-refractivity contribution is 5.27. The maximum atomic E-state index is 10.6. The summed E-state index contributed by atoms with van der Waals surface area (Å²) in [6.45, 7) is 0. The summed E-state index contributed by atoms with van der Waals surface area (Å²) in [5, 5.41) is 10.6. The summed E-state index contributed by atoms with van der Waals surface area (Å²) in [6.07, 6.45) is 6.77. The molecule has 1 nitrogen and oxygen atoms in total. The fourth-order valence-corrected chi connectivity index (χ4v) is 4.52. The maximum Gasteiger partial charge on any atom is 0.0608 e. The maximum absolute atomic E-state index is 10.6. The second-order valence-corrected chi connectivity index (χ2v) is 6.60. The normalized spacial score (nSPS) is 43.1. The fraction of sp³-hybridized carbons (Fsp3) is 0.647. The molecule has 3 fully saturated rings. The average Bonchev–Trinajstić information content (AvgIpc) is 3.32. The largest absolute Gasteiger partial charge is 0.393 e. The molecule has 18 heavy (non-hydrogen) atoms. The van der Waals surface area contributed by atoms with E-state index in [1.807, 2.05) is 0 Å². The van der Waals surface area contributed by atoms with Crippen molar-refractivity contribution in [2.75, 3.05) is 0 Å². The van der Waals surface area contributed by atoms with Gasteiger partial charge in [-0.2, -0.15) is 0 Å². The van der Waals surface area contributed by atoms with Crippen molar-refractivity contribution in [3.8, 4) is 0 Å². The minimum absolute atomic E-state index is 0.0108. The molecule has 0 aromatic heterocycles. The van der Waals surface area contributed by atoms with E-state index in [2.05, 4.69) is 30.3 Å². The van der Waals surface area contributed by atoms with Crippen LogP contribution in [0.3, 0.4) is 0 Å². The number of fused-ring (bicyclic) bond motifs is 1. The zero-order valence-corrected chi connectivity index (χ0v) is 10.8. The number of aliphatic hydroxyl groups is 1. The van der Waals surface area contributed by atoms with Gasteiger partial charge in [0.2, 0.25) is 0 Å². The summed E-state index contributed by atoms with van der Waals surface area (Å²) in [7, 11) is 0. The van der Waals surface area contributed by atoms with Gasteiger partial charge in [-0.3, -0.25) is 0 Å². The second kappa shape index (κ2) is 4.09. The third-order valence-corrected chi connectivity index (χ3v) is 5.62. The van der Waals surface area contributed by atoms with Crippen LogP contribution in [0.5, 0.6) is 0 Å². The van der Waals surface area contributed by atoms with Crippen molar-refractivity contribution in [1.29, 1.82) is 0 Å². The van der Waals surface area contributed by atoms with E-state index in [1.165, 1.54) is 37.7 Å². The van der Waals surface area contributed by atoms with Crippen molar-refractivity contribution in [2.45, 2.75) is 44.1 Å². The first-order valence-corrected chi connectivity index (χ1v) is 7.59. The number of hydrogen-bond donors (Lipinski definition) is 1. The molecule has 0 spiro atoms. The molecule has 3 aliphatic carbocycles. The van der Waals surface area contributed by atoms with Crippen molar-refractivity contribution < 1.29 is 5.11 Å². The Hall–Kier alpha value is -0.820. The van der Waals surface area contributed by atoms with Crippen LogP contribution in [-0.4, -0.2) is 11.2 Å². The predicted molar refractivity (Wildman–Crippen MR) is 72.2 cm³/mol. The van der Waals surface area contributed by atoms with E-state index in [-0.39, 0.29) is 6.10 Å². The smallest absolute Gasteiger partial charge is 0.0608 e. The van der Waals surface area contributed by atoms with Gasteiger partial charge in [0.05, 0.1) is 6.10 Å². The summed E-state index contributed by atoms with van der Waals surface area (Å²) in [4.78, 5) is 0. The molecule has 1 N–H and O–H groups in total. The Labute approximate surface area is 109 Å². The highest BCUT2D eigenvalue weighted by atomic mass is 16.3. The van der Waals surface area contributed by atoms with Crippen molar-refractivity contribution >= 4 is 0 Å². The predicted octanol–water partition coefficient (Wildman–Crippen LogP) is 3.59. The van der Waals surface area contributed by atoms with E-state index in [4.69, 9.17) is 0 Å². The van der Waals surface area contributed by atoms with Gasteiger partial charge in [0.15, 0.2) is 0 Å². The lowest BCUT2D eigenvalue weighted by molar-refractivity contribution is 0.115. The molecule has 4 rings (SSSR count). The molecule has 0 amide bonds. The van der Waals surface area contributed by atoms with Crippen molar-refractivity contribution in [2.24, 2.45) is 23.7 Å². The van der Waals surface area contributed by atoms with E-state index < -0.39 is 0 Å². The highest BCUT2D eigenvalue weighted by Crippen LogP contribution is 2.62. The lowest BCUT2D eigenvalue weighted by atomic mass is 10.0.